The first-order valence-corrected chi connectivity index (χ1v) is 6.93. The first-order valence-electron chi connectivity index (χ1n) is 6.93. The van der Waals surface area contributed by atoms with Crippen LogP contribution in [0.4, 0.5) is 5.95 Å². The topological polar surface area (TPSA) is 64.9 Å². The average molecular weight is 283 g/mol. The molecule has 6 nitrogen and oxygen atoms in total. The van der Waals surface area contributed by atoms with Crippen LogP contribution in [0.15, 0.2) is 36.7 Å². The summed E-state index contributed by atoms with van der Waals surface area (Å²) < 4.78 is 7.55. The summed E-state index contributed by atoms with van der Waals surface area (Å²) >= 11 is 0. The molecule has 0 bridgehead atoms. The van der Waals surface area contributed by atoms with Crippen molar-refractivity contribution in [3.63, 3.8) is 0 Å². The Morgan fingerprint density at radius 3 is 2.86 bits per heavy atom. The molecule has 108 valence electrons. The van der Waals surface area contributed by atoms with Gasteiger partial charge in [-0.05, 0) is 18.6 Å². The number of aryl methyl sites for hydroxylation is 1. The number of rotatable bonds is 5. The van der Waals surface area contributed by atoms with Crippen LogP contribution in [0.3, 0.4) is 0 Å². The summed E-state index contributed by atoms with van der Waals surface area (Å²) in [5, 5.41) is 8.17. The predicted octanol–water partition coefficient (Wildman–Crippen LogP) is 2.98. The van der Waals surface area contributed by atoms with Crippen LogP contribution in [0.1, 0.15) is 13.3 Å². The summed E-state index contributed by atoms with van der Waals surface area (Å²) in [7, 11) is 1.85. The van der Waals surface area contributed by atoms with Gasteiger partial charge in [0.25, 0.3) is 0 Å². The fraction of sp³-hybridized carbons (Fsp3) is 0.267. The molecule has 21 heavy (non-hydrogen) atoms. The molecular formula is C15H17N5O. The summed E-state index contributed by atoms with van der Waals surface area (Å²) in [6, 6.07) is 7.79. The molecule has 2 heterocycles. The van der Waals surface area contributed by atoms with Gasteiger partial charge in [0, 0.05) is 13.6 Å². The van der Waals surface area contributed by atoms with Crippen LogP contribution >= 0.6 is 0 Å². The average Bonchev–Trinajstić information content (AvgIpc) is 2.90. The van der Waals surface area contributed by atoms with Gasteiger partial charge in [-0.2, -0.15) is 10.1 Å². The first-order chi connectivity index (χ1) is 10.3. The lowest BCUT2D eigenvalue weighted by Gasteiger charge is -2.09. The maximum Gasteiger partial charge on any atom is 0.232 e. The second-order valence-electron chi connectivity index (χ2n) is 4.75. The maximum atomic E-state index is 5.86. The number of aromatic nitrogens is 4. The number of nitrogens with one attached hydrogen (secondary N) is 1. The molecule has 0 aliphatic carbocycles. The monoisotopic (exact) mass is 283 g/mol. The van der Waals surface area contributed by atoms with Crippen molar-refractivity contribution >= 4 is 16.9 Å². The normalized spacial score (nSPS) is 10.8. The zero-order valence-electron chi connectivity index (χ0n) is 12.1. The van der Waals surface area contributed by atoms with Crippen LogP contribution < -0.4 is 10.1 Å². The van der Waals surface area contributed by atoms with Crippen molar-refractivity contribution in [2.75, 3.05) is 11.9 Å². The van der Waals surface area contributed by atoms with Gasteiger partial charge in [-0.3, -0.25) is 4.68 Å². The van der Waals surface area contributed by atoms with Crippen LogP contribution in [-0.2, 0) is 7.05 Å². The number of hydrogen-bond acceptors (Lipinski definition) is 5. The van der Waals surface area contributed by atoms with Gasteiger partial charge < -0.3 is 10.1 Å². The molecule has 1 aromatic carbocycles. The standard InChI is InChI=1S/C15H17N5O/c1-3-8-16-15-18-13-7-5-4-6-12(13)14(19-15)21-11-9-17-20(2)10-11/h4-7,9-10H,3,8H2,1-2H3,(H,16,18,19). The lowest BCUT2D eigenvalue weighted by molar-refractivity contribution is 0.468. The Bertz CT molecular complexity index is 753. The van der Waals surface area contributed by atoms with Crippen LogP contribution in [0.25, 0.3) is 10.9 Å². The Balaban J connectivity index is 2.01. The molecule has 0 radical (unpaired) electrons. The van der Waals surface area contributed by atoms with Crippen molar-refractivity contribution in [3.8, 4) is 11.6 Å². The molecule has 2 aromatic heterocycles. The number of nitrogens with zero attached hydrogens (tertiary/aromatic N) is 4. The van der Waals surface area contributed by atoms with Gasteiger partial charge in [-0.15, -0.1) is 0 Å². The van der Waals surface area contributed by atoms with E-state index >= 15 is 0 Å². The van der Waals surface area contributed by atoms with Crippen molar-refractivity contribution in [3.05, 3.63) is 36.7 Å². The Morgan fingerprint density at radius 2 is 2.10 bits per heavy atom. The smallest absolute Gasteiger partial charge is 0.232 e. The van der Waals surface area contributed by atoms with Gasteiger partial charge in [0.05, 0.1) is 23.3 Å². The van der Waals surface area contributed by atoms with Crippen LogP contribution in [0.2, 0.25) is 0 Å². The van der Waals surface area contributed by atoms with Gasteiger partial charge in [0.15, 0.2) is 5.75 Å². The quantitative estimate of drug-likeness (QED) is 0.779. The number of para-hydroxylation sites is 1. The lowest BCUT2D eigenvalue weighted by atomic mass is 10.2. The number of fused-ring (bicyclic) bond motifs is 1. The third-order valence-corrected chi connectivity index (χ3v) is 3.00. The molecule has 6 heteroatoms. The number of anilines is 1. The highest BCUT2D eigenvalue weighted by Gasteiger charge is 2.10. The highest BCUT2D eigenvalue weighted by molar-refractivity contribution is 5.84. The van der Waals surface area contributed by atoms with Crippen molar-refractivity contribution in [2.24, 2.45) is 7.05 Å². The van der Waals surface area contributed by atoms with Crippen LogP contribution in [0, 0.1) is 0 Å². The Morgan fingerprint density at radius 1 is 1.24 bits per heavy atom. The van der Waals surface area contributed by atoms with Crippen molar-refractivity contribution in [2.45, 2.75) is 13.3 Å². The molecule has 0 amide bonds. The highest BCUT2D eigenvalue weighted by atomic mass is 16.5. The zero-order valence-corrected chi connectivity index (χ0v) is 12.1. The van der Waals surface area contributed by atoms with Crippen LogP contribution in [-0.4, -0.2) is 26.3 Å². The minimum Gasteiger partial charge on any atom is -0.435 e. The van der Waals surface area contributed by atoms with E-state index in [9.17, 15) is 0 Å². The molecule has 0 fully saturated rings. The zero-order chi connectivity index (χ0) is 14.7. The molecular weight excluding hydrogens is 266 g/mol. The number of benzene rings is 1. The SMILES string of the molecule is CCCNc1nc(Oc2cnn(C)c2)c2ccccc2n1. The van der Waals surface area contributed by atoms with E-state index in [1.54, 1.807) is 17.1 Å². The summed E-state index contributed by atoms with van der Waals surface area (Å²) in [6.07, 6.45) is 4.47. The third-order valence-electron chi connectivity index (χ3n) is 3.00. The first kappa shape index (κ1) is 13.4. The molecule has 0 saturated heterocycles. The molecule has 0 aliphatic rings. The number of hydrogen-bond donors (Lipinski definition) is 1. The molecule has 0 atom stereocenters. The fourth-order valence-electron chi connectivity index (χ4n) is 2.00. The minimum absolute atomic E-state index is 0.534. The van der Waals surface area contributed by atoms with Gasteiger partial charge >= 0.3 is 0 Å². The Kier molecular flexibility index (Phi) is 3.68. The van der Waals surface area contributed by atoms with Gasteiger partial charge in [0.1, 0.15) is 0 Å². The fourth-order valence-corrected chi connectivity index (χ4v) is 2.00. The van der Waals surface area contributed by atoms with E-state index in [0.29, 0.717) is 17.6 Å². The van der Waals surface area contributed by atoms with E-state index in [1.807, 2.05) is 31.3 Å². The van der Waals surface area contributed by atoms with Crippen molar-refractivity contribution in [1.29, 1.82) is 0 Å². The van der Waals surface area contributed by atoms with Gasteiger partial charge in [-0.25, -0.2) is 4.98 Å². The largest absolute Gasteiger partial charge is 0.435 e. The van der Waals surface area contributed by atoms with E-state index in [2.05, 4.69) is 27.3 Å². The summed E-state index contributed by atoms with van der Waals surface area (Å²) in [4.78, 5) is 8.96. The van der Waals surface area contributed by atoms with Crippen LogP contribution in [0.5, 0.6) is 11.6 Å². The minimum atomic E-state index is 0.534. The molecule has 0 aliphatic heterocycles. The lowest BCUT2D eigenvalue weighted by Crippen LogP contribution is -2.05. The third kappa shape index (κ3) is 2.94. The second-order valence-corrected chi connectivity index (χ2v) is 4.75. The summed E-state index contributed by atoms with van der Waals surface area (Å²) in [6.45, 7) is 2.92. The maximum absolute atomic E-state index is 5.86. The molecule has 1 N–H and O–H groups in total. The Labute approximate surface area is 122 Å². The van der Waals surface area contributed by atoms with E-state index < -0.39 is 0 Å². The van der Waals surface area contributed by atoms with E-state index in [-0.39, 0.29) is 0 Å². The summed E-state index contributed by atoms with van der Waals surface area (Å²) in [5.41, 5.74) is 0.852. The molecule has 3 aromatic rings. The van der Waals surface area contributed by atoms with Gasteiger partial charge in [-0.1, -0.05) is 19.1 Å². The molecule has 3 rings (SSSR count). The predicted molar refractivity (Wildman–Crippen MR) is 81.6 cm³/mol. The van der Waals surface area contributed by atoms with E-state index in [1.165, 1.54) is 0 Å². The molecule has 0 unspecified atom stereocenters. The van der Waals surface area contributed by atoms with E-state index in [0.717, 1.165) is 23.9 Å². The van der Waals surface area contributed by atoms with Crippen molar-refractivity contribution < 1.29 is 4.74 Å². The molecule has 0 spiro atoms. The van der Waals surface area contributed by atoms with Gasteiger partial charge in [0.2, 0.25) is 11.8 Å². The van der Waals surface area contributed by atoms with Crippen molar-refractivity contribution in [1.82, 2.24) is 19.7 Å². The Hall–Kier alpha value is -2.63. The summed E-state index contributed by atoms with van der Waals surface area (Å²) in [5.74, 6) is 1.77. The highest BCUT2D eigenvalue weighted by Crippen LogP contribution is 2.28. The number of ether oxygens (including phenoxy) is 1. The molecule has 0 saturated carbocycles. The second kappa shape index (κ2) is 5.78. The van der Waals surface area contributed by atoms with E-state index in [4.69, 9.17) is 4.74 Å².